The molecule has 0 aromatic carbocycles. The minimum absolute atomic E-state index is 0. The Morgan fingerprint density at radius 3 is 2.30 bits per heavy atom. The number of piperidine rings is 1. The second kappa shape index (κ2) is 13.6. The summed E-state index contributed by atoms with van der Waals surface area (Å²) >= 11 is 0. The predicted octanol–water partition coefficient (Wildman–Crippen LogP) is 2.28. The highest BCUT2D eigenvalue weighted by Gasteiger charge is 2.27. The fourth-order valence-electron chi connectivity index (χ4n) is 3.12. The Hall–Kier alpha value is -0.820. The van der Waals surface area contributed by atoms with E-state index in [1.807, 2.05) is 20.8 Å². The van der Waals surface area contributed by atoms with Crippen LogP contribution in [0.1, 0.15) is 60.3 Å². The lowest BCUT2D eigenvalue weighted by atomic mass is 10.1. The van der Waals surface area contributed by atoms with Gasteiger partial charge >= 0.3 is 6.09 Å². The van der Waals surface area contributed by atoms with Crippen LogP contribution in [-0.4, -0.2) is 74.9 Å². The van der Waals surface area contributed by atoms with Crippen molar-refractivity contribution in [3.63, 3.8) is 0 Å². The monoisotopic (exact) mass is 561 g/mol. The van der Waals surface area contributed by atoms with E-state index in [1.54, 1.807) is 18.3 Å². The van der Waals surface area contributed by atoms with E-state index in [4.69, 9.17) is 4.74 Å². The molecule has 1 rings (SSSR count). The van der Waals surface area contributed by atoms with Gasteiger partial charge in [0, 0.05) is 38.8 Å². The van der Waals surface area contributed by atoms with Gasteiger partial charge in [0.05, 0.1) is 5.75 Å². The number of nitrogens with zero attached hydrogens (tertiary/aromatic N) is 2. The molecule has 178 valence electrons. The number of rotatable bonds is 8. The first-order chi connectivity index (χ1) is 13.5. The number of hydrogen-bond donors (Lipinski definition) is 3. The highest BCUT2D eigenvalue weighted by atomic mass is 127. The molecule has 0 bridgehead atoms. The van der Waals surface area contributed by atoms with Gasteiger partial charge in [-0.1, -0.05) is 13.3 Å². The molecule has 1 aliphatic heterocycles. The largest absolute Gasteiger partial charge is 0.444 e. The Balaban J connectivity index is 0.00000841. The summed E-state index contributed by atoms with van der Waals surface area (Å²) in [6, 6.07) is 0.0814. The van der Waals surface area contributed by atoms with Gasteiger partial charge in [-0.3, -0.25) is 4.99 Å². The van der Waals surface area contributed by atoms with Crippen molar-refractivity contribution in [1.82, 2.24) is 20.3 Å². The summed E-state index contributed by atoms with van der Waals surface area (Å²) in [6.45, 7) is 10.8. The number of hydrogen-bond acceptors (Lipinski definition) is 5. The van der Waals surface area contributed by atoms with Crippen molar-refractivity contribution in [3.05, 3.63) is 0 Å². The molecule has 1 aliphatic rings. The van der Waals surface area contributed by atoms with Gasteiger partial charge in [-0.05, 0) is 47.0 Å². The van der Waals surface area contributed by atoms with Crippen molar-refractivity contribution in [2.75, 3.05) is 32.4 Å². The Morgan fingerprint density at radius 2 is 1.83 bits per heavy atom. The highest BCUT2D eigenvalue weighted by Crippen LogP contribution is 2.14. The molecule has 3 N–H and O–H groups in total. The molecule has 0 aliphatic carbocycles. The number of nitrogens with one attached hydrogen (secondary N) is 3. The van der Waals surface area contributed by atoms with E-state index in [-0.39, 0.29) is 41.8 Å². The number of guanidine groups is 1. The van der Waals surface area contributed by atoms with Crippen LogP contribution in [0.3, 0.4) is 0 Å². The molecule has 0 spiro atoms. The third-order valence-electron chi connectivity index (χ3n) is 4.65. The van der Waals surface area contributed by atoms with Crippen molar-refractivity contribution in [3.8, 4) is 0 Å². The maximum Gasteiger partial charge on any atom is 0.407 e. The molecule has 0 saturated carbocycles. The molecular formula is C19H40IN5O4S. The molecule has 1 unspecified atom stereocenters. The van der Waals surface area contributed by atoms with Crippen LogP contribution >= 0.6 is 24.0 Å². The number of amides is 1. The first-order valence-electron chi connectivity index (χ1n) is 10.4. The first kappa shape index (κ1) is 29.2. The summed E-state index contributed by atoms with van der Waals surface area (Å²) in [6.07, 6.45) is 2.78. The van der Waals surface area contributed by atoms with E-state index in [9.17, 15) is 13.2 Å². The molecular weight excluding hydrogens is 521 g/mol. The summed E-state index contributed by atoms with van der Waals surface area (Å²) in [5, 5.41) is 9.52. The molecule has 1 amide bonds. The number of ether oxygens (including phenoxy) is 1. The SMILES string of the molecule is CCCC(CNC(=NC)NC1CCN(S(=O)(=O)CC)CC1)NC(=O)OC(C)(C)C.I. The summed E-state index contributed by atoms with van der Waals surface area (Å²) in [4.78, 5) is 16.3. The van der Waals surface area contributed by atoms with Crippen LogP contribution in [0.5, 0.6) is 0 Å². The molecule has 0 aromatic heterocycles. The van der Waals surface area contributed by atoms with Gasteiger partial charge in [-0.15, -0.1) is 24.0 Å². The highest BCUT2D eigenvalue weighted by molar-refractivity contribution is 14.0. The Bertz CT molecular complexity index is 644. The molecule has 0 radical (unpaired) electrons. The van der Waals surface area contributed by atoms with Gasteiger partial charge in [-0.2, -0.15) is 0 Å². The van der Waals surface area contributed by atoms with Crippen LogP contribution in [0, 0.1) is 0 Å². The zero-order valence-electron chi connectivity index (χ0n) is 19.2. The maximum atomic E-state index is 12.1. The zero-order valence-corrected chi connectivity index (χ0v) is 22.3. The lowest BCUT2D eigenvalue weighted by Gasteiger charge is -2.32. The van der Waals surface area contributed by atoms with Crippen LogP contribution in [0.2, 0.25) is 0 Å². The lowest BCUT2D eigenvalue weighted by molar-refractivity contribution is 0.0502. The van der Waals surface area contributed by atoms with Crippen molar-refractivity contribution in [1.29, 1.82) is 0 Å². The summed E-state index contributed by atoms with van der Waals surface area (Å²) < 4.78 is 30.9. The fraction of sp³-hybridized carbons (Fsp3) is 0.895. The predicted molar refractivity (Wildman–Crippen MR) is 132 cm³/mol. The molecule has 30 heavy (non-hydrogen) atoms. The van der Waals surface area contributed by atoms with E-state index < -0.39 is 21.7 Å². The van der Waals surface area contributed by atoms with Gasteiger partial charge in [-0.25, -0.2) is 17.5 Å². The number of carbonyl (C=O) groups is 1. The standard InChI is InChI=1S/C19H39N5O4S.HI/c1-7-9-16(23-18(25)28-19(3,4)5)14-21-17(20-6)22-15-10-12-24(13-11-15)29(26,27)8-2;/h15-16H,7-14H2,1-6H3,(H,23,25)(H2,20,21,22);1H. The maximum absolute atomic E-state index is 12.1. The van der Waals surface area contributed by atoms with Crippen LogP contribution in [0.4, 0.5) is 4.79 Å². The summed E-state index contributed by atoms with van der Waals surface area (Å²) in [5.41, 5.74) is -0.536. The topological polar surface area (TPSA) is 112 Å². The van der Waals surface area contributed by atoms with E-state index in [2.05, 4.69) is 27.9 Å². The molecule has 0 aromatic rings. The van der Waals surface area contributed by atoms with Crippen molar-refractivity contribution in [2.24, 2.45) is 4.99 Å². The van der Waals surface area contributed by atoms with Crippen molar-refractivity contribution >= 4 is 46.1 Å². The van der Waals surface area contributed by atoms with E-state index in [1.165, 1.54) is 0 Å². The fourth-order valence-corrected chi connectivity index (χ4v) is 4.25. The van der Waals surface area contributed by atoms with Crippen molar-refractivity contribution < 1.29 is 17.9 Å². The molecule has 11 heteroatoms. The van der Waals surface area contributed by atoms with Gasteiger partial charge in [0.1, 0.15) is 5.60 Å². The molecule has 9 nitrogen and oxygen atoms in total. The van der Waals surface area contributed by atoms with Crippen LogP contribution in [0.25, 0.3) is 0 Å². The lowest BCUT2D eigenvalue weighted by Crippen LogP contribution is -2.52. The molecule has 1 fully saturated rings. The van der Waals surface area contributed by atoms with E-state index in [0.29, 0.717) is 25.6 Å². The Kier molecular flexibility index (Phi) is 13.2. The van der Waals surface area contributed by atoms with Crippen molar-refractivity contribution in [2.45, 2.75) is 78.0 Å². The average Bonchev–Trinajstić information content (AvgIpc) is 2.63. The smallest absolute Gasteiger partial charge is 0.407 e. The second-order valence-corrected chi connectivity index (χ2v) is 10.6. The number of carbonyl (C=O) groups excluding carboxylic acids is 1. The molecule has 1 saturated heterocycles. The minimum Gasteiger partial charge on any atom is -0.444 e. The van der Waals surface area contributed by atoms with Crippen LogP contribution < -0.4 is 16.0 Å². The first-order valence-corrected chi connectivity index (χ1v) is 12.1. The third-order valence-corrected chi connectivity index (χ3v) is 6.53. The zero-order chi connectivity index (χ0) is 22.1. The normalized spacial score (nSPS) is 17.6. The molecule has 1 atom stereocenters. The third kappa shape index (κ3) is 11.0. The summed E-state index contributed by atoms with van der Waals surface area (Å²) in [7, 11) is -1.43. The number of aliphatic imine (C=N–C) groups is 1. The molecule has 1 heterocycles. The Labute approximate surface area is 199 Å². The second-order valence-electron chi connectivity index (χ2n) is 8.30. The van der Waals surface area contributed by atoms with Gasteiger partial charge in [0.15, 0.2) is 5.96 Å². The summed E-state index contributed by atoms with van der Waals surface area (Å²) in [5.74, 6) is 0.784. The van der Waals surface area contributed by atoms with Gasteiger partial charge in [0.2, 0.25) is 10.0 Å². The minimum atomic E-state index is -3.12. The van der Waals surface area contributed by atoms with Crippen LogP contribution in [-0.2, 0) is 14.8 Å². The number of alkyl carbamates (subject to hydrolysis) is 1. The Morgan fingerprint density at radius 1 is 1.23 bits per heavy atom. The van der Waals surface area contributed by atoms with E-state index in [0.717, 1.165) is 25.7 Å². The van der Waals surface area contributed by atoms with Crippen LogP contribution in [0.15, 0.2) is 4.99 Å². The average molecular weight is 562 g/mol. The van der Waals surface area contributed by atoms with Gasteiger partial charge < -0.3 is 20.7 Å². The van der Waals surface area contributed by atoms with E-state index >= 15 is 0 Å². The quantitative estimate of drug-likeness (QED) is 0.238. The number of halogens is 1. The van der Waals surface area contributed by atoms with Gasteiger partial charge in [0.25, 0.3) is 0 Å². The number of sulfonamides is 1.